The molecule has 0 saturated heterocycles. The number of hydrogen-bond acceptors (Lipinski definition) is 2. The fourth-order valence-corrected chi connectivity index (χ4v) is 1.68. The van der Waals surface area contributed by atoms with E-state index in [4.69, 9.17) is 9.84 Å². The van der Waals surface area contributed by atoms with Crippen LogP contribution in [0.4, 0.5) is 0 Å². The van der Waals surface area contributed by atoms with Gasteiger partial charge in [0.1, 0.15) is 6.73 Å². The van der Waals surface area contributed by atoms with Gasteiger partial charge in [-0.25, -0.2) is 0 Å². The Balaban J connectivity index is 2.57. The lowest BCUT2D eigenvalue weighted by molar-refractivity contribution is 0.135. The Bertz CT molecular complexity index is 434. The highest BCUT2D eigenvalue weighted by Gasteiger charge is 2.03. The normalized spacial score (nSPS) is 11.0. The number of aromatic nitrogens is 1. The molecule has 0 fully saturated rings. The molecule has 1 heterocycles. The van der Waals surface area contributed by atoms with Crippen molar-refractivity contribution in [2.24, 2.45) is 0 Å². The number of aliphatic hydroxyl groups excluding tert-OH is 1. The Hall–Kier alpha value is -1.32. The van der Waals surface area contributed by atoms with Crippen molar-refractivity contribution in [2.75, 3.05) is 7.11 Å². The van der Waals surface area contributed by atoms with Gasteiger partial charge < -0.3 is 14.4 Å². The van der Waals surface area contributed by atoms with Gasteiger partial charge >= 0.3 is 0 Å². The molecule has 74 valence electrons. The summed E-state index contributed by atoms with van der Waals surface area (Å²) in [5, 5.41) is 10.2. The maximum atomic E-state index is 9.13. The first-order chi connectivity index (χ1) is 6.86. The molecule has 1 N–H and O–H groups in total. The SMILES string of the molecule is COCn1ccc2c(CO)cccc21. The van der Waals surface area contributed by atoms with Crippen LogP contribution in [0.3, 0.4) is 0 Å². The first kappa shape index (κ1) is 9.24. The number of rotatable bonds is 3. The van der Waals surface area contributed by atoms with E-state index in [1.54, 1.807) is 7.11 Å². The zero-order valence-corrected chi connectivity index (χ0v) is 8.10. The van der Waals surface area contributed by atoms with E-state index in [0.29, 0.717) is 6.73 Å². The molecule has 3 heteroatoms. The van der Waals surface area contributed by atoms with Crippen LogP contribution in [0.5, 0.6) is 0 Å². The average Bonchev–Trinajstić information content (AvgIpc) is 2.62. The van der Waals surface area contributed by atoms with Crippen LogP contribution in [-0.2, 0) is 18.1 Å². The molecule has 0 radical (unpaired) electrons. The first-order valence-electron chi connectivity index (χ1n) is 4.53. The van der Waals surface area contributed by atoms with E-state index in [-0.39, 0.29) is 6.61 Å². The van der Waals surface area contributed by atoms with Crippen LogP contribution in [0.1, 0.15) is 5.56 Å². The van der Waals surface area contributed by atoms with Gasteiger partial charge in [0.2, 0.25) is 0 Å². The third-order valence-electron chi connectivity index (χ3n) is 2.34. The molecule has 1 aromatic heterocycles. The second-order valence-corrected chi connectivity index (χ2v) is 3.21. The van der Waals surface area contributed by atoms with Gasteiger partial charge in [-0.05, 0) is 17.7 Å². The van der Waals surface area contributed by atoms with Crippen LogP contribution >= 0.6 is 0 Å². The topological polar surface area (TPSA) is 34.4 Å². The summed E-state index contributed by atoms with van der Waals surface area (Å²) in [5.41, 5.74) is 2.05. The lowest BCUT2D eigenvalue weighted by atomic mass is 10.1. The minimum absolute atomic E-state index is 0.0777. The van der Waals surface area contributed by atoms with Crippen LogP contribution < -0.4 is 0 Å². The maximum absolute atomic E-state index is 9.13. The predicted molar refractivity (Wildman–Crippen MR) is 54.9 cm³/mol. The molecule has 2 rings (SSSR count). The molecule has 2 aromatic rings. The standard InChI is InChI=1S/C11H13NO2/c1-14-8-12-6-5-10-9(7-13)3-2-4-11(10)12/h2-6,13H,7-8H2,1H3. The van der Waals surface area contributed by atoms with E-state index in [1.807, 2.05) is 35.0 Å². The Kier molecular flexibility index (Phi) is 2.52. The second-order valence-electron chi connectivity index (χ2n) is 3.21. The highest BCUT2D eigenvalue weighted by Crippen LogP contribution is 2.20. The highest BCUT2D eigenvalue weighted by molar-refractivity contribution is 5.83. The van der Waals surface area contributed by atoms with Crippen molar-refractivity contribution in [1.82, 2.24) is 4.57 Å². The third-order valence-corrected chi connectivity index (χ3v) is 2.34. The van der Waals surface area contributed by atoms with Gasteiger partial charge in [0, 0.05) is 18.7 Å². The third kappa shape index (κ3) is 1.41. The molecule has 0 saturated carbocycles. The van der Waals surface area contributed by atoms with Crippen LogP contribution in [0.2, 0.25) is 0 Å². The largest absolute Gasteiger partial charge is 0.392 e. The van der Waals surface area contributed by atoms with Crippen LogP contribution in [0.15, 0.2) is 30.5 Å². The van der Waals surface area contributed by atoms with Gasteiger partial charge in [0.25, 0.3) is 0 Å². The second kappa shape index (κ2) is 3.82. The lowest BCUT2D eigenvalue weighted by Gasteiger charge is -2.04. The molecular formula is C11H13NO2. The van der Waals surface area contributed by atoms with E-state index in [0.717, 1.165) is 16.5 Å². The van der Waals surface area contributed by atoms with Crippen molar-refractivity contribution in [3.8, 4) is 0 Å². The van der Waals surface area contributed by atoms with Crippen LogP contribution in [0, 0.1) is 0 Å². The molecule has 3 nitrogen and oxygen atoms in total. The zero-order chi connectivity index (χ0) is 9.97. The van der Waals surface area contributed by atoms with E-state index < -0.39 is 0 Å². The summed E-state index contributed by atoms with van der Waals surface area (Å²) in [6, 6.07) is 7.90. The van der Waals surface area contributed by atoms with Crippen molar-refractivity contribution in [1.29, 1.82) is 0 Å². The smallest absolute Gasteiger partial charge is 0.122 e. The van der Waals surface area contributed by atoms with Gasteiger partial charge in [0.15, 0.2) is 0 Å². The molecular weight excluding hydrogens is 178 g/mol. The van der Waals surface area contributed by atoms with Crippen molar-refractivity contribution in [3.63, 3.8) is 0 Å². The van der Waals surface area contributed by atoms with Gasteiger partial charge in [-0.2, -0.15) is 0 Å². The molecule has 14 heavy (non-hydrogen) atoms. The van der Waals surface area contributed by atoms with Crippen LogP contribution in [-0.4, -0.2) is 16.8 Å². The monoisotopic (exact) mass is 191 g/mol. The Morgan fingerprint density at radius 1 is 1.36 bits per heavy atom. The number of benzene rings is 1. The Labute approximate surface area is 82.5 Å². The summed E-state index contributed by atoms with van der Waals surface area (Å²) >= 11 is 0. The Morgan fingerprint density at radius 3 is 2.93 bits per heavy atom. The molecule has 0 aliphatic heterocycles. The van der Waals surface area contributed by atoms with Crippen molar-refractivity contribution in [2.45, 2.75) is 13.3 Å². The van der Waals surface area contributed by atoms with E-state index in [9.17, 15) is 0 Å². The molecule has 1 aromatic carbocycles. The number of aliphatic hydroxyl groups is 1. The molecule has 0 aliphatic rings. The highest BCUT2D eigenvalue weighted by atomic mass is 16.5. The molecule has 0 amide bonds. The van der Waals surface area contributed by atoms with Gasteiger partial charge in [-0.15, -0.1) is 0 Å². The van der Waals surface area contributed by atoms with Gasteiger partial charge in [0.05, 0.1) is 12.1 Å². The summed E-state index contributed by atoms with van der Waals surface area (Å²) in [6.07, 6.45) is 1.97. The maximum Gasteiger partial charge on any atom is 0.122 e. The van der Waals surface area contributed by atoms with Crippen molar-refractivity contribution in [3.05, 3.63) is 36.0 Å². The summed E-state index contributed by atoms with van der Waals surface area (Å²) < 4.78 is 7.08. The molecule has 0 spiro atoms. The van der Waals surface area contributed by atoms with E-state index in [2.05, 4.69) is 0 Å². The summed E-state index contributed by atoms with van der Waals surface area (Å²) in [5.74, 6) is 0. The number of nitrogens with zero attached hydrogens (tertiary/aromatic N) is 1. The average molecular weight is 191 g/mol. The number of hydrogen-bond donors (Lipinski definition) is 1. The molecule has 0 unspecified atom stereocenters. The van der Waals surface area contributed by atoms with Crippen LogP contribution in [0.25, 0.3) is 10.9 Å². The minimum Gasteiger partial charge on any atom is -0.392 e. The van der Waals surface area contributed by atoms with E-state index in [1.165, 1.54) is 0 Å². The van der Waals surface area contributed by atoms with Gasteiger partial charge in [-0.1, -0.05) is 12.1 Å². The molecule has 0 atom stereocenters. The fourth-order valence-electron chi connectivity index (χ4n) is 1.68. The zero-order valence-electron chi connectivity index (χ0n) is 8.10. The lowest BCUT2D eigenvalue weighted by Crippen LogP contribution is -1.97. The molecule has 0 aliphatic carbocycles. The number of methoxy groups -OCH3 is 1. The quantitative estimate of drug-likeness (QED) is 0.801. The number of fused-ring (bicyclic) bond motifs is 1. The summed E-state index contributed by atoms with van der Waals surface area (Å²) in [7, 11) is 1.67. The molecule has 0 bridgehead atoms. The summed E-state index contributed by atoms with van der Waals surface area (Å²) in [6.45, 7) is 0.618. The fraction of sp³-hybridized carbons (Fsp3) is 0.273. The van der Waals surface area contributed by atoms with Gasteiger partial charge in [-0.3, -0.25) is 0 Å². The number of ether oxygens (including phenoxy) is 1. The predicted octanol–water partition coefficient (Wildman–Crippen LogP) is 1.74. The Morgan fingerprint density at radius 2 is 2.21 bits per heavy atom. The van der Waals surface area contributed by atoms with Crippen molar-refractivity contribution >= 4 is 10.9 Å². The van der Waals surface area contributed by atoms with E-state index >= 15 is 0 Å². The van der Waals surface area contributed by atoms with Crippen molar-refractivity contribution < 1.29 is 9.84 Å². The first-order valence-corrected chi connectivity index (χ1v) is 4.53. The minimum atomic E-state index is 0.0777. The summed E-state index contributed by atoms with van der Waals surface area (Å²) in [4.78, 5) is 0.